The van der Waals surface area contributed by atoms with Gasteiger partial charge in [-0.3, -0.25) is 9.59 Å². The molecule has 20 heavy (non-hydrogen) atoms. The van der Waals surface area contributed by atoms with Gasteiger partial charge in [0, 0.05) is 12.6 Å². The van der Waals surface area contributed by atoms with E-state index < -0.39 is 5.54 Å². The van der Waals surface area contributed by atoms with E-state index >= 15 is 0 Å². The lowest BCUT2D eigenvalue weighted by atomic mass is 10.0. The van der Waals surface area contributed by atoms with Crippen LogP contribution in [0, 0.1) is 0 Å². The molecule has 108 valence electrons. The van der Waals surface area contributed by atoms with E-state index in [1.165, 1.54) is 4.90 Å². The number of benzene rings is 1. The Morgan fingerprint density at radius 1 is 1.50 bits per heavy atom. The SMILES string of the molecule is CN(C(=O)c1ccc2c(c1)OCC(=O)N2)C(C)(C)CO. The highest BCUT2D eigenvalue weighted by molar-refractivity contribution is 5.99. The topological polar surface area (TPSA) is 78.9 Å². The van der Waals surface area contributed by atoms with Gasteiger partial charge in [-0.2, -0.15) is 0 Å². The summed E-state index contributed by atoms with van der Waals surface area (Å²) >= 11 is 0. The zero-order chi connectivity index (χ0) is 14.9. The summed E-state index contributed by atoms with van der Waals surface area (Å²) in [5.74, 6) is 0.0492. The Labute approximate surface area is 117 Å². The molecule has 2 N–H and O–H groups in total. The van der Waals surface area contributed by atoms with Crippen LogP contribution in [0.5, 0.6) is 5.75 Å². The molecule has 0 atom stereocenters. The van der Waals surface area contributed by atoms with E-state index in [9.17, 15) is 14.7 Å². The molecule has 2 amide bonds. The molecular formula is C14H18N2O4. The normalized spacial score (nSPS) is 14.1. The third kappa shape index (κ3) is 2.60. The number of aliphatic hydroxyl groups excluding tert-OH is 1. The van der Waals surface area contributed by atoms with Crippen LogP contribution in [0.1, 0.15) is 24.2 Å². The van der Waals surface area contributed by atoms with Gasteiger partial charge in [0.1, 0.15) is 5.75 Å². The highest BCUT2D eigenvalue weighted by Crippen LogP contribution is 2.29. The fraction of sp³-hybridized carbons (Fsp3) is 0.429. The van der Waals surface area contributed by atoms with E-state index in [2.05, 4.69) is 5.32 Å². The van der Waals surface area contributed by atoms with Crippen molar-refractivity contribution in [3.05, 3.63) is 23.8 Å². The van der Waals surface area contributed by atoms with Crippen molar-refractivity contribution in [2.45, 2.75) is 19.4 Å². The molecule has 1 aliphatic rings. The van der Waals surface area contributed by atoms with E-state index in [0.29, 0.717) is 17.0 Å². The van der Waals surface area contributed by atoms with Crippen molar-refractivity contribution >= 4 is 17.5 Å². The van der Waals surface area contributed by atoms with Gasteiger partial charge in [0.25, 0.3) is 11.8 Å². The van der Waals surface area contributed by atoms with Crippen LogP contribution in [-0.4, -0.2) is 47.6 Å². The van der Waals surface area contributed by atoms with Gasteiger partial charge in [-0.05, 0) is 32.0 Å². The van der Waals surface area contributed by atoms with Gasteiger partial charge in [0.2, 0.25) is 0 Å². The summed E-state index contributed by atoms with van der Waals surface area (Å²) < 4.78 is 5.29. The smallest absolute Gasteiger partial charge is 0.262 e. The summed E-state index contributed by atoms with van der Waals surface area (Å²) in [5, 5.41) is 12.0. The third-order valence-electron chi connectivity index (χ3n) is 3.46. The third-order valence-corrected chi connectivity index (χ3v) is 3.46. The van der Waals surface area contributed by atoms with E-state index in [0.717, 1.165) is 0 Å². The van der Waals surface area contributed by atoms with Crippen molar-refractivity contribution in [3.8, 4) is 5.75 Å². The predicted molar refractivity (Wildman–Crippen MR) is 73.8 cm³/mol. The molecule has 1 aromatic carbocycles. The van der Waals surface area contributed by atoms with E-state index in [1.54, 1.807) is 39.1 Å². The van der Waals surface area contributed by atoms with Crippen molar-refractivity contribution in [1.29, 1.82) is 0 Å². The number of anilines is 1. The molecule has 0 unspecified atom stereocenters. The minimum absolute atomic E-state index is 0.0530. The maximum atomic E-state index is 12.4. The number of nitrogens with one attached hydrogen (secondary N) is 1. The number of carbonyl (C=O) groups excluding carboxylic acids is 2. The second-order valence-electron chi connectivity index (χ2n) is 5.38. The second kappa shape index (κ2) is 5.13. The van der Waals surface area contributed by atoms with Gasteiger partial charge < -0.3 is 20.1 Å². The minimum Gasteiger partial charge on any atom is -0.482 e. The molecule has 1 aliphatic heterocycles. The van der Waals surface area contributed by atoms with Crippen LogP contribution in [0.4, 0.5) is 5.69 Å². The van der Waals surface area contributed by atoms with Gasteiger partial charge in [-0.15, -0.1) is 0 Å². The fourth-order valence-electron chi connectivity index (χ4n) is 1.78. The average Bonchev–Trinajstić information content (AvgIpc) is 2.45. The zero-order valence-electron chi connectivity index (χ0n) is 11.8. The number of amides is 2. The molecule has 0 aromatic heterocycles. The molecule has 6 nitrogen and oxygen atoms in total. The molecule has 0 aliphatic carbocycles. The minimum atomic E-state index is -0.651. The maximum absolute atomic E-state index is 12.4. The number of ether oxygens (including phenoxy) is 1. The van der Waals surface area contributed by atoms with Crippen molar-refractivity contribution in [2.24, 2.45) is 0 Å². The Morgan fingerprint density at radius 2 is 2.20 bits per heavy atom. The van der Waals surface area contributed by atoms with Gasteiger partial charge in [0.15, 0.2) is 6.61 Å². The van der Waals surface area contributed by atoms with Crippen LogP contribution in [0.15, 0.2) is 18.2 Å². The van der Waals surface area contributed by atoms with Crippen molar-refractivity contribution in [2.75, 3.05) is 25.6 Å². The highest BCUT2D eigenvalue weighted by atomic mass is 16.5. The molecule has 0 radical (unpaired) electrons. The Hall–Kier alpha value is -2.08. The first kappa shape index (κ1) is 14.3. The van der Waals surface area contributed by atoms with Gasteiger partial charge in [0.05, 0.1) is 17.8 Å². The molecule has 0 spiro atoms. The number of fused-ring (bicyclic) bond motifs is 1. The molecule has 0 saturated carbocycles. The van der Waals surface area contributed by atoms with E-state index in [-0.39, 0.29) is 25.0 Å². The molecular weight excluding hydrogens is 260 g/mol. The van der Waals surface area contributed by atoms with E-state index in [1.807, 2.05) is 0 Å². The number of likely N-dealkylation sites (N-methyl/N-ethyl adjacent to an activating group) is 1. The lowest BCUT2D eigenvalue weighted by Gasteiger charge is -2.34. The quantitative estimate of drug-likeness (QED) is 0.859. The lowest BCUT2D eigenvalue weighted by Crippen LogP contribution is -2.47. The van der Waals surface area contributed by atoms with Crippen LogP contribution in [0.2, 0.25) is 0 Å². The number of rotatable bonds is 3. The lowest BCUT2D eigenvalue weighted by molar-refractivity contribution is -0.118. The van der Waals surface area contributed by atoms with Crippen LogP contribution >= 0.6 is 0 Å². The molecule has 0 fully saturated rings. The molecule has 0 saturated heterocycles. The van der Waals surface area contributed by atoms with Gasteiger partial charge >= 0.3 is 0 Å². The number of nitrogens with zero attached hydrogens (tertiary/aromatic N) is 1. The first-order valence-electron chi connectivity index (χ1n) is 6.31. The first-order chi connectivity index (χ1) is 9.35. The largest absolute Gasteiger partial charge is 0.482 e. The molecule has 2 rings (SSSR count). The molecule has 1 heterocycles. The number of hydrogen-bond donors (Lipinski definition) is 2. The first-order valence-corrected chi connectivity index (χ1v) is 6.31. The monoisotopic (exact) mass is 278 g/mol. The molecule has 1 aromatic rings. The summed E-state index contributed by atoms with van der Waals surface area (Å²) in [4.78, 5) is 25.0. The van der Waals surface area contributed by atoms with Crippen LogP contribution < -0.4 is 10.1 Å². The van der Waals surface area contributed by atoms with Crippen LogP contribution in [-0.2, 0) is 4.79 Å². The highest BCUT2D eigenvalue weighted by Gasteiger charge is 2.28. The Kier molecular flexibility index (Phi) is 3.67. The summed E-state index contributed by atoms with van der Waals surface area (Å²) in [6.45, 7) is 3.37. The van der Waals surface area contributed by atoms with Gasteiger partial charge in [-0.1, -0.05) is 0 Å². The summed E-state index contributed by atoms with van der Waals surface area (Å²) in [6.07, 6.45) is 0. The van der Waals surface area contributed by atoms with Crippen LogP contribution in [0.25, 0.3) is 0 Å². The van der Waals surface area contributed by atoms with Gasteiger partial charge in [-0.25, -0.2) is 0 Å². The second-order valence-corrected chi connectivity index (χ2v) is 5.38. The fourth-order valence-corrected chi connectivity index (χ4v) is 1.78. The Morgan fingerprint density at radius 3 is 2.85 bits per heavy atom. The summed E-state index contributed by atoms with van der Waals surface area (Å²) in [6, 6.07) is 4.86. The van der Waals surface area contributed by atoms with Crippen LogP contribution in [0.3, 0.4) is 0 Å². The molecule has 0 bridgehead atoms. The number of aliphatic hydroxyl groups is 1. The van der Waals surface area contributed by atoms with E-state index in [4.69, 9.17) is 4.74 Å². The Bertz CT molecular complexity index is 554. The maximum Gasteiger partial charge on any atom is 0.262 e. The Balaban J connectivity index is 2.26. The van der Waals surface area contributed by atoms with Crippen molar-refractivity contribution < 1.29 is 19.4 Å². The average molecular weight is 278 g/mol. The summed E-state index contributed by atoms with van der Waals surface area (Å²) in [5.41, 5.74) is 0.355. The molecule has 6 heteroatoms. The van der Waals surface area contributed by atoms with Crippen molar-refractivity contribution in [3.63, 3.8) is 0 Å². The predicted octanol–water partition coefficient (Wildman–Crippen LogP) is 0.860. The number of hydrogen-bond acceptors (Lipinski definition) is 4. The number of carbonyl (C=O) groups is 2. The van der Waals surface area contributed by atoms with Crippen molar-refractivity contribution in [1.82, 2.24) is 4.90 Å². The summed E-state index contributed by atoms with van der Waals surface area (Å²) in [7, 11) is 1.64. The zero-order valence-corrected chi connectivity index (χ0v) is 11.8. The standard InChI is InChI=1S/C14H18N2O4/c1-14(2,8-17)16(3)13(19)9-4-5-10-11(6-9)20-7-12(18)15-10/h4-6,17H,7-8H2,1-3H3,(H,15,18).